The first kappa shape index (κ1) is 53.9. The molecule has 0 aromatic carbocycles. The number of unbranched alkanes of at least 4 members (excludes halogenated alkanes) is 29. The van der Waals surface area contributed by atoms with Gasteiger partial charge in [-0.25, -0.2) is 0 Å². The second-order valence-corrected chi connectivity index (χ2v) is 17.1. The van der Waals surface area contributed by atoms with E-state index in [4.69, 9.17) is 14.2 Å². The molecule has 338 valence electrons. The summed E-state index contributed by atoms with van der Waals surface area (Å²) in [6, 6.07) is 0. The number of hydrogen-bond acceptors (Lipinski definition) is 9. The van der Waals surface area contributed by atoms with Crippen LogP contribution < -0.4 is 0 Å². The number of hydrogen-bond donors (Lipinski definition) is 5. The van der Waals surface area contributed by atoms with E-state index in [9.17, 15) is 30.3 Å². The van der Waals surface area contributed by atoms with E-state index in [-0.39, 0.29) is 13.0 Å². The normalized spacial score (nSPS) is 21.0. The molecule has 1 saturated heterocycles. The van der Waals surface area contributed by atoms with Gasteiger partial charge in [0.25, 0.3) is 0 Å². The summed E-state index contributed by atoms with van der Waals surface area (Å²) in [5.41, 5.74) is 0. The summed E-state index contributed by atoms with van der Waals surface area (Å²) in [5.74, 6) is -0.393. The van der Waals surface area contributed by atoms with Crippen molar-refractivity contribution in [1.82, 2.24) is 0 Å². The predicted molar refractivity (Wildman–Crippen MR) is 233 cm³/mol. The Morgan fingerprint density at radius 3 is 1.40 bits per heavy atom. The van der Waals surface area contributed by atoms with Crippen molar-refractivity contribution in [3.8, 4) is 0 Å². The Hall–Kier alpha value is -1.07. The van der Waals surface area contributed by atoms with Crippen LogP contribution in [0.1, 0.15) is 232 Å². The first-order valence-electron chi connectivity index (χ1n) is 24.3. The monoisotopic (exact) mass is 813 g/mol. The highest BCUT2D eigenvalue weighted by Gasteiger charge is 2.44. The highest BCUT2D eigenvalue weighted by atomic mass is 16.7. The van der Waals surface area contributed by atoms with Crippen LogP contribution in [0.3, 0.4) is 0 Å². The Balaban J connectivity index is 2.26. The zero-order valence-electron chi connectivity index (χ0n) is 37.0. The SMILES string of the molecule is CCCCCCCCC=CCCCCCCCCCCCCCC(=O)OC(COC1OC(CO)C(O)C(O)C1O)C(O)CCCCCCCCCCCCCCC. The Labute approximate surface area is 350 Å². The van der Waals surface area contributed by atoms with E-state index in [1.54, 1.807) is 0 Å². The van der Waals surface area contributed by atoms with Gasteiger partial charge in [-0.2, -0.15) is 0 Å². The maximum atomic E-state index is 12.9. The third-order valence-corrected chi connectivity index (χ3v) is 11.7. The minimum Gasteiger partial charge on any atom is -0.457 e. The van der Waals surface area contributed by atoms with E-state index < -0.39 is 55.5 Å². The molecular weight excluding hydrogens is 721 g/mol. The van der Waals surface area contributed by atoms with Gasteiger partial charge in [0.15, 0.2) is 12.4 Å². The summed E-state index contributed by atoms with van der Waals surface area (Å²) in [4.78, 5) is 12.9. The number of carbonyl (C=O) groups excluding carboxylic acids is 1. The molecule has 7 atom stereocenters. The quantitative estimate of drug-likeness (QED) is 0.0231. The zero-order valence-corrected chi connectivity index (χ0v) is 37.0. The Kier molecular flexibility index (Phi) is 37.0. The van der Waals surface area contributed by atoms with Gasteiger partial charge in [0.05, 0.1) is 19.3 Å². The van der Waals surface area contributed by atoms with Gasteiger partial charge < -0.3 is 39.7 Å². The molecule has 0 amide bonds. The van der Waals surface area contributed by atoms with E-state index >= 15 is 0 Å². The van der Waals surface area contributed by atoms with Crippen LogP contribution in [0.25, 0.3) is 0 Å². The van der Waals surface area contributed by atoms with Gasteiger partial charge in [-0.15, -0.1) is 0 Å². The lowest BCUT2D eigenvalue weighted by Gasteiger charge is -2.40. The van der Waals surface area contributed by atoms with Crippen molar-refractivity contribution in [2.45, 2.75) is 275 Å². The van der Waals surface area contributed by atoms with Crippen molar-refractivity contribution in [1.29, 1.82) is 0 Å². The number of esters is 1. The van der Waals surface area contributed by atoms with Gasteiger partial charge in [0.2, 0.25) is 0 Å². The van der Waals surface area contributed by atoms with E-state index in [0.29, 0.717) is 6.42 Å². The summed E-state index contributed by atoms with van der Waals surface area (Å²) in [7, 11) is 0. The molecule has 0 aromatic rings. The summed E-state index contributed by atoms with van der Waals surface area (Å²) in [6.45, 7) is 3.71. The van der Waals surface area contributed by atoms with Gasteiger partial charge in [-0.1, -0.05) is 199 Å². The maximum Gasteiger partial charge on any atom is 0.306 e. The molecule has 1 aliphatic rings. The lowest BCUT2D eigenvalue weighted by molar-refractivity contribution is -0.306. The van der Waals surface area contributed by atoms with Gasteiger partial charge in [-0.05, 0) is 38.5 Å². The highest BCUT2D eigenvalue weighted by Crippen LogP contribution is 2.24. The molecule has 5 N–H and O–H groups in total. The van der Waals surface area contributed by atoms with Crippen molar-refractivity contribution in [3.05, 3.63) is 12.2 Å². The summed E-state index contributed by atoms with van der Waals surface area (Å²) in [6.07, 6.45) is 36.1. The second-order valence-electron chi connectivity index (χ2n) is 17.1. The first-order valence-corrected chi connectivity index (χ1v) is 24.3. The maximum absolute atomic E-state index is 12.9. The third kappa shape index (κ3) is 29.7. The molecule has 7 unspecified atom stereocenters. The molecule has 0 aliphatic carbocycles. The number of allylic oxidation sites excluding steroid dienone is 2. The molecule has 0 spiro atoms. The van der Waals surface area contributed by atoms with Crippen LogP contribution in [-0.4, -0.2) is 87.6 Å². The molecular formula is C48H92O9. The molecule has 57 heavy (non-hydrogen) atoms. The molecule has 0 saturated carbocycles. The van der Waals surface area contributed by atoms with Crippen LogP contribution in [-0.2, 0) is 19.0 Å². The van der Waals surface area contributed by atoms with Crippen molar-refractivity contribution < 1.29 is 44.5 Å². The number of ether oxygens (including phenoxy) is 3. The molecule has 0 bridgehead atoms. The Bertz CT molecular complexity index is 899. The summed E-state index contributed by atoms with van der Waals surface area (Å²) < 4.78 is 16.9. The minimum absolute atomic E-state index is 0.246. The van der Waals surface area contributed by atoms with E-state index in [1.165, 1.54) is 167 Å². The smallest absolute Gasteiger partial charge is 0.306 e. The van der Waals surface area contributed by atoms with Crippen LogP contribution in [0.4, 0.5) is 0 Å². The fourth-order valence-corrected chi connectivity index (χ4v) is 7.80. The largest absolute Gasteiger partial charge is 0.457 e. The second kappa shape index (κ2) is 39.1. The lowest BCUT2D eigenvalue weighted by atomic mass is 9.99. The van der Waals surface area contributed by atoms with Gasteiger partial charge in [0, 0.05) is 6.42 Å². The van der Waals surface area contributed by atoms with Gasteiger partial charge >= 0.3 is 5.97 Å². The molecule has 0 aromatic heterocycles. The number of aliphatic hydroxyl groups excluding tert-OH is 5. The number of carbonyl (C=O) groups is 1. The molecule has 1 aliphatic heterocycles. The lowest BCUT2D eigenvalue weighted by Crippen LogP contribution is -2.59. The fraction of sp³-hybridized carbons (Fsp3) is 0.938. The minimum atomic E-state index is -1.57. The number of aliphatic hydroxyl groups is 5. The number of rotatable bonds is 41. The van der Waals surface area contributed by atoms with Crippen LogP contribution in [0.2, 0.25) is 0 Å². The van der Waals surface area contributed by atoms with Crippen LogP contribution in [0.15, 0.2) is 12.2 Å². The highest BCUT2D eigenvalue weighted by molar-refractivity contribution is 5.69. The summed E-state index contributed by atoms with van der Waals surface area (Å²) >= 11 is 0. The zero-order chi connectivity index (χ0) is 41.6. The average molecular weight is 813 g/mol. The first-order chi connectivity index (χ1) is 27.8. The van der Waals surface area contributed by atoms with Crippen molar-refractivity contribution in [3.63, 3.8) is 0 Å². The van der Waals surface area contributed by atoms with Crippen molar-refractivity contribution >= 4 is 5.97 Å². The predicted octanol–water partition coefficient (Wildman–Crippen LogP) is 10.9. The van der Waals surface area contributed by atoms with E-state index in [1.807, 2.05) is 0 Å². The van der Waals surface area contributed by atoms with Crippen molar-refractivity contribution in [2.75, 3.05) is 13.2 Å². The van der Waals surface area contributed by atoms with Crippen LogP contribution in [0.5, 0.6) is 0 Å². The molecule has 0 radical (unpaired) electrons. The van der Waals surface area contributed by atoms with E-state index in [2.05, 4.69) is 26.0 Å². The standard InChI is InChI=1S/C48H92O9/c1-3-5-7-9-11-13-15-17-18-19-20-21-22-23-24-26-28-30-32-34-36-38-44(51)56-43(40-55-48-47(54)46(53)45(52)42(39-49)57-48)41(50)37-35-33-31-29-27-25-16-14-12-10-8-6-4-2/h17-18,41-43,45-50,52-54H,3-16,19-40H2,1-2H3. The van der Waals surface area contributed by atoms with Gasteiger partial charge in [-0.3, -0.25) is 4.79 Å². The van der Waals surface area contributed by atoms with E-state index in [0.717, 1.165) is 38.5 Å². The third-order valence-electron chi connectivity index (χ3n) is 11.7. The molecule has 9 nitrogen and oxygen atoms in total. The fourth-order valence-electron chi connectivity index (χ4n) is 7.80. The molecule has 1 heterocycles. The van der Waals surface area contributed by atoms with Crippen molar-refractivity contribution in [2.24, 2.45) is 0 Å². The Morgan fingerprint density at radius 1 is 0.561 bits per heavy atom. The molecule has 9 heteroatoms. The van der Waals surface area contributed by atoms with Gasteiger partial charge in [0.1, 0.15) is 24.4 Å². The topological polar surface area (TPSA) is 146 Å². The van der Waals surface area contributed by atoms with Crippen LogP contribution in [0, 0.1) is 0 Å². The van der Waals surface area contributed by atoms with Crippen LogP contribution >= 0.6 is 0 Å². The Morgan fingerprint density at radius 2 is 0.965 bits per heavy atom. The average Bonchev–Trinajstić information content (AvgIpc) is 3.21. The molecule has 1 rings (SSSR count). The molecule has 1 fully saturated rings. The summed E-state index contributed by atoms with van der Waals surface area (Å²) in [5, 5.41) is 51.3.